The maximum atomic E-state index is 11.1. The number of unbranched alkanes of at least 4 members (excludes halogenated alkanes) is 1. The third kappa shape index (κ3) is 4.69. The van der Waals surface area contributed by atoms with Crippen LogP contribution in [0.4, 0.5) is 5.69 Å². The molecule has 0 amide bonds. The number of hydrogen-bond acceptors (Lipinski definition) is 4. The molecule has 1 aliphatic rings. The van der Waals surface area contributed by atoms with Crippen LogP contribution in [0, 0.1) is 0 Å². The van der Waals surface area contributed by atoms with Crippen LogP contribution in [0.2, 0.25) is 0 Å². The van der Waals surface area contributed by atoms with Crippen molar-refractivity contribution in [1.29, 1.82) is 0 Å². The van der Waals surface area contributed by atoms with Crippen LogP contribution in [0.3, 0.4) is 0 Å². The van der Waals surface area contributed by atoms with Crippen LogP contribution in [0.1, 0.15) is 43.7 Å². The van der Waals surface area contributed by atoms with Crippen molar-refractivity contribution < 1.29 is 14.0 Å². The quantitative estimate of drug-likeness (QED) is 0.691. The van der Waals surface area contributed by atoms with E-state index in [2.05, 4.69) is 31.2 Å². The largest absolute Gasteiger partial charge is 0.747 e. The molecule has 1 aliphatic heterocycles. The molecule has 0 fully saturated rings. The predicted molar refractivity (Wildman–Crippen MR) is 105 cm³/mol. The summed E-state index contributed by atoms with van der Waals surface area (Å²) in [4.78, 5) is 9.08. The van der Waals surface area contributed by atoms with Crippen LogP contribution >= 0.6 is 8.25 Å². The molecule has 0 saturated heterocycles. The zero-order valence-corrected chi connectivity index (χ0v) is 15.9. The first-order valence-electron chi connectivity index (χ1n) is 9.05. The molecule has 2 aromatic carbocycles. The molecular formula is C20H24N2O3P+. The Morgan fingerprint density at radius 1 is 1.19 bits per heavy atom. The van der Waals surface area contributed by atoms with Crippen molar-refractivity contribution in [1.82, 2.24) is 0 Å². The molecule has 6 heteroatoms. The molecule has 26 heavy (non-hydrogen) atoms. The first kappa shape index (κ1) is 18.6. The summed E-state index contributed by atoms with van der Waals surface area (Å²) < 4.78 is 16.1. The minimum atomic E-state index is -2.70. The average Bonchev–Trinajstić information content (AvgIpc) is 2.67. The van der Waals surface area contributed by atoms with Gasteiger partial charge in [0.2, 0.25) is 5.75 Å². The summed E-state index contributed by atoms with van der Waals surface area (Å²) >= 11 is 0. The Labute approximate surface area is 155 Å². The Bertz CT molecular complexity index is 790. The van der Waals surface area contributed by atoms with Gasteiger partial charge in [0.1, 0.15) is 5.69 Å². The minimum Gasteiger partial charge on any atom is -0.261 e. The molecule has 1 N–H and O–H groups in total. The van der Waals surface area contributed by atoms with Crippen molar-refractivity contribution in [2.45, 2.75) is 39.0 Å². The molecule has 0 bridgehead atoms. The van der Waals surface area contributed by atoms with E-state index < -0.39 is 8.25 Å². The van der Waals surface area contributed by atoms with Crippen molar-refractivity contribution in [3.8, 4) is 5.75 Å². The van der Waals surface area contributed by atoms with E-state index in [1.54, 1.807) is 12.1 Å². The molecule has 0 saturated carbocycles. The Balaban J connectivity index is 1.82. The van der Waals surface area contributed by atoms with E-state index in [1.807, 2.05) is 17.1 Å². The van der Waals surface area contributed by atoms with Gasteiger partial charge in [0.05, 0.1) is 5.71 Å². The maximum absolute atomic E-state index is 11.1. The van der Waals surface area contributed by atoms with Gasteiger partial charge in [-0.2, -0.15) is 5.10 Å². The summed E-state index contributed by atoms with van der Waals surface area (Å²) in [6.07, 6.45) is 5.40. The number of hydrazone groups is 1. The summed E-state index contributed by atoms with van der Waals surface area (Å²) in [7, 11) is -2.70. The summed E-state index contributed by atoms with van der Waals surface area (Å²) in [5, 5.41) is 6.63. The van der Waals surface area contributed by atoms with Gasteiger partial charge in [-0.25, -0.2) is 4.52 Å². The van der Waals surface area contributed by atoms with Gasteiger partial charge in [0, 0.05) is 11.1 Å². The van der Waals surface area contributed by atoms with E-state index in [0.29, 0.717) is 11.4 Å². The number of anilines is 1. The monoisotopic (exact) mass is 371 g/mol. The lowest BCUT2D eigenvalue weighted by Crippen LogP contribution is -2.26. The number of para-hydroxylation sites is 2. The highest BCUT2D eigenvalue weighted by Gasteiger charge is 2.23. The maximum Gasteiger partial charge on any atom is 0.747 e. The fourth-order valence-corrected chi connectivity index (χ4v) is 3.42. The van der Waals surface area contributed by atoms with Crippen molar-refractivity contribution in [3.05, 3.63) is 59.7 Å². The number of hydrogen-bond donors (Lipinski definition) is 1. The summed E-state index contributed by atoms with van der Waals surface area (Å²) in [6.45, 7) is 2.95. The smallest absolute Gasteiger partial charge is 0.261 e. The van der Waals surface area contributed by atoms with Crippen LogP contribution in [0.5, 0.6) is 5.75 Å². The second kappa shape index (κ2) is 8.93. The average molecular weight is 371 g/mol. The summed E-state index contributed by atoms with van der Waals surface area (Å²) in [5.74, 6) is 0.371. The van der Waals surface area contributed by atoms with E-state index in [0.717, 1.165) is 37.1 Å². The van der Waals surface area contributed by atoms with Crippen molar-refractivity contribution in [2.24, 2.45) is 5.10 Å². The van der Waals surface area contributed by atoms with E-state index in [9.17, 15) is 4.57 Å². The first-order chi connectivity index (χ1) is 12.7. The van der Waals surface area contributed by atoms with Gasteiger partial charge in [-0.05, 0) is 48.9 Å². The fraction of sp³-hybridized carbons (Fsp3) is 0.350. The SMILES string of the molecule is CCCCc1ccc(C2=NN(c3ccccc3O[P+](=O)O)CCC2)cc1. The molecular weight excluding hydrogens is 347 g/mol. The molecule has 1 atom stereocenters. The molecule has 5 nitrogen and oxygen atoms in total. The molecule has 2 aromatic rings. The van der Waals surface area contributed by atoms with Crippen LogP contribution in [0.25, 0.3) is 0 Å². The highest BCUT2D eigenvalue weighted by atomic mass is 31.1. The molecule has 0 radical (unpaired) electrons. The minimum absolute atomic E-state index is 0.371. The molecule has 3 rings (SSSR count). The molecule has 1 unspecified atom stereocenters. The van der Waals surface area contributed by atoms with Crippen LogP contribution in [-0.2, 0) is 11.0 Å². The number of nitrogens with zero attached hydrogens (tertiary/aromatic N) is 2. The van der Waals surface area contributed by atoms with Gasteiger partial charge in [0.15, 0.2) is 0 Å². The Morgan fingerprint density at radius 3 is 2.69 bits per heavy atom. The van der Waals surface area contributed by atoms with Gasteiger partial charge in [0.25, 0.3) is 0 Å². The van der Waals surface area contributed by atoms with Crippen LogP contribution in [-0.4, -0.2) is 17.1 Å². The molecule has 136 valence electrons. The fourth-order valence-electron chi connectivity index (χ4n) is 3.09. The lowest BCUT2D eigenvalue weighted by atomic mass is 10.0. The van der Waals surface area contributed by atoms with Crippen LogP contribution < -0.4 is 9.53 Å². The zero-order valence-electron chi connectivity index (χ0n) is 15.0. The highest BCUT2D eigenvalue weighted by molar-refractivity contribution is 7.32. The normalized spacial score (nSPS) is 14.8. The van der Waals surface area contributed by atoms with Gasteiger partial charge in [-0.3, -0.25) is 5.01 Å². The first-order valence-corrected chi connectivity index (χ1v) is 10.2. The summed E-state index contributed by atoms with van der Waals surface area (Å²) in [5.41, 5.74) is 4.22. The molecule has 0 spiro atoms. The second-order valence-corrected chi connectivity index (χ2v) is 7.03. The van der Waals surface area contributed by atoms with Crippen molar-refractivity contribution >= 4 is 19.7 Å². The van der Waals surface area contributed by atoms with E-state index in [-0.39, 0.29) is 0 Å². The molecule has 0 aromatic heterocycles. The van der Waals surface area contributed by atoms with Gasteiger partial charge >= 0.3 is 8.25 Å². The Kier molecular flexibility index (Phi) is 6.37. The van der Waals surface area contributed by atoms with Crippen molar-refractivity contribution in [3.63, 3.8) is 0 Å². The molecule has 0 aliphatic carbocycles. The van der Waals surface area contributed by atoms with Gasteiger partial charge in [-0.1, -0.05) is 49.7 Å². The topological polar surface area (TPSA) is 62.1 Å². The lowest BCUT2D eigenvalue weighted by molar-refractivity contribution is 0.410. The highest BCUT2D eigenvalue weighted by Crippen LogP contribution is 2.35. The predicted octanol–water partition coefficient (Wildman–Crippen LogP) is 5.06. The second-order valence-electron chi connectivity index (χ2n) is 6.37. The zero-order chi connectivity index (χ0) is 18.4. The molecule has 1 heterocycles. The van der Waals surface area contributed by atoms with Crippen LogP contribution in [0.15, 0.2) is 53.6 Å². The van der Waals surface area contributed by atoms with Gasteiger partial charge < -0.3 is 0 Å². The number of aryl methyl sites for hydroxylation is 1. The standard InChI is InChI=1S/C20H23N2O3P/c1-2-3-7-16-11-13-17(14-12-16)18-8-6-15-22(21-18)19-9-4-5-10-20(19)25-26(23)24/h4-5,9-14H,2-3,6-8,15H2,1H3/p+1. The lowest BCUT2D eigenvalue weighted by Gasteiger charge is -2.26. The van der Waals surface area contributed by atoms with E-state index >= 15 is 0 Å². The van der Waals surface area contributed by atoms with Crippen molar-refractivity contribution in [2.75, 3.05) is 11.6 Å². The Hall–Kier alpha value is -2.23. The summed E-state index contributed by atoms with van der Waals surface area (Å²) in [6, 6.07) is 15.8. The van der Waals surface area contributed by atoms with Gasteiger partial charge in [-0.15, -0.1) is 4.89 Å². The Morgan fingerprint density at radius 2 is 1.96 bits per heavy atom. The van der Waals surface area contributed by atoms with E-state index in [4.69, 9.17) is 14.5 Å². The number of benzene rings is 2. The third-order valence-electron chi connectivity index (χ3n) is 4.45. The third-order valence-corrected chi connectivity index (χ3v) is 4.80. The number of rotatable bonds is 7. The van der Waals surface area contributed by atoms with E-state index in [1.165, 1.54) is 18.4 Å².